The van der Waals surface area contributed by atoms with Gasteiger partial charge in [-0.25, -0.2) is 0 Å². The monoisotopic (exact) mass is 283 g/mol. The zero-order chi connectivity index (χ0) is 11.5. The number of nitrogens with one attached hydrogen (secondary N) is 1. The lowest BCUT2D eigenvalue weighted by atomic mass is 10.3. The number of carbonyl (C=O) groups is 1. The van der Waals surface area contributed by atoms with Crippen LogP contribution in [-0.4, -0.2) is 30.5 Å². The molecule has 1 fully saturated rings. The molecule has 1 aliphatic rings. The van der Waals surface area contributed by atoms with Gasteiger partial charge in [-0.1, -0.05) is 0 Å². The van der Waals surface area contributed by atoms with Crippen molar-refractivity contribution >= 4 is 27.5 Å². The first-order chi connectivity index (χ1) is 7.66. The van der Waals surface area contributed by atoms with Crippen molar-refractivity contribution in [3.05, 3.63) is 22.9 Å². The average Bonchev–Trinajstić information content (AvgIpc) is 3.01. The van der Waals surface area contributed by atoms with Gasteiger partial charge in [-0.3, -0.25) is 9.78 Å². The van der Waals surface area contributed by atoms with Gasteiger partial charge in [0.2, 0.25) is 5.91 Å². The molecule has 1 amide bonds. The highest BCUT2D eigenvalue weighted by Gasteiger charge is 2.23. The maximum atomic E-state index is 11.6. The molecule has 0 saturated heterocycles. The van der Waals surface area contributed by atoms with Gasteiger partial charge in [0.25, 0.3) is 0 Å². The lowest BCUT2D eigenvalue weighted by Gasteiger charge is -2.19. The molecule has 2 rings (SSSR count). The Morgan fingerprint density at radius 1 is 1.69 bits per heavy atom. The number of carbonyl (C=O) groups excluding carboxylic acids is 1. The second-order valence-electron chi connectivity index (χ2n) is 4.02. The molecular weight excluding hydrogens is 270 g/mol. The van der Waals surface area contributed by atoms with E-state index in [1.165, 1.54) is 0 Å². The molecule has 5 heteroatoms. The fraction of sp³-hybridized carbons (Fsp3) is 0.455. The van der Waals surface area contributed by atoms with E-state index in [9.17, 15) is 4.79 Å². The molecule has 1 aromatic heterocycles. The van der Waals surface area contributed by atoms with Crippen LogP contribution < -0.4 is 10.2 Å². The standard InChI is InChI=1S/C11H14BrN3O/c1-15(7-11(16)14-8-2-3-8)10-4-5-13-6-9(10)12/h4-6,8H,2-3,7H2,1H3,(H,14,16). The Labute approximate surface area is 103 Å². The second kappa shape index (κ2) is 4.82. The number of likely N-dealkylation sites (N-methyl/N-ethyl adjacent to an activating group) is 1. The molecular formula is C11H14BrN3O. The van der Waals surface area contributed by atoms with Crippen LogP contribution in [0.1, 0.15) is 12.8 Å². The van der Waals surface area contributed by atoms with Gasteiger partial charge in [0.15, 0.2) is 0 Å². The predicted octanol–water partition coefficient (Wildman–Crippen LogP) is 1.56. The molecule has 4 nitrogen and oxygen atoms in total. The average molecular weight is 284 g/mol. The number of aromatic nitrogens is 1. The summed E-state index contributed by atoms with van der Waals surface area (Å²) in [7, 11) is 1.90. The number of nitrogens with zero attached hydrogens (tertiary/aromatic N) is 2. The number of hydrogen-bond donors (Lipinski definition) is 1. The van der Waals surface area contributed by atoms with Crippen molar-refractivity contribution in [1.29, 1.82) is 0 Å². The summed E-state index contributed by atoms with van der Waals surface area (Å²) >= 11 is 3.41. The Morgan fingerprint density at radius 2 is 2.44 bits per heavy atom. The van der Waals surface area contributed by atoms with Gasteiger partial charge in [-0.15, -0.1) is 0 Å². The molecule has 0 aromatic carbocycles. The summed E-state index contributed by atoms with van der Waals surface area (Å²) in [5.41, 5.74) is 0.973. The topological polar surface area (TPSA) is 45.2 Å². The number of halogens is 1. The quantitative estimate of drug-likeness (QED) is 0.912. The van der Waals surface area contributed by atoms with E-state index in [1.807, 2.05) is 18.0 Å². The Hall–Kier alpha value is -1.10. The maximum Gasteiger partial charge on any atom is 0.239 e. The Morgan fingerprint density at radius 3 is 3.06 bits per heavy atom. The molecule has 1 saturated carbocycles. The van der Waals surface area contributed by atoms with Crippen LogP contribution in [0.3, 0.4) is 0 Å². The van der Waals surface area contributed by atoms with E-state index in [2.05, 4.69) is 26.2 Å². The molecule has 0 spiro atoms. The van der Waals surface area contributed by atoms with Crippen molar-refractivity contribution in [2.45, 2.75) is 18.9 Å². The molecule has 1 aliphatic carbocycles. The lowest BCUT2D eigenvalue weighted by molar-refractivity contribution is -0.119. The summed E-state index contributed by atoms with van der Waals surface area (Å²) in [5, 5.41) is 2.96. The van der Waals surface area contributed by atoms with E-state index in [1.54, 1.807) is 12.4 Å². The molecule has 0 aliphatic heterocycles. The van der Waals surface area contributed by atoms with Gasteiger partial charge >= 0.3 is 0 Å². The van der Waals surface area contributed by atoms with Crippen molar-refractivity contribution in [1.82, 2.24) is 10.3 Å². The molecule has 1 aromatic rings. The summed E-state index contributed by atoms with van der Waals surface area (Å²) in [6.45, 7) is 0.374. The summed E-state index contributed by atoms with van der Waals surface area (Å²) < 4.78 is 0.900. The predicted molar refractivity (Wildman–Crippen MR) is 66.4 cm³/mol. The smallest absolute Gasteiger partial charge is 0.239 e. The van der Waals surface area contributed by atoms with Gasteiger partial charge in [0, 0.05) is 25.5 Å². The molecule has 0 radical (unpaired) electrons. The van der Waals surface area contributed by atoms with E-state index in [-0.39, 0.29) is 5.91 Å². The second-order valence-corrected chi connectivity index (χ2v) is 4.88. The largest absolute Gasteiger partial charge is 0.364 e. The zero-order valence-corrected chi connectivity index (χ0v) is 10.7. The Kier molecular flexibility index (Phi) is 3.43. The zero-order valence-electron chi connectivity index (χ0n) is 9.11. The first kappa shape index (κ1) is 11.4. The van der Waals surface area contributed by atoms with Crippen LogP contribution >= 0.6 is 15.9 Å². The number of anilines is 1. The minimum absolute atomic E-state index is 0.0775. The highest BCUT2D eigenvalue weighted by molar-refractivity contribution is 9.10. The molecule has 0 bridgehead atoms. The van der Waals surface area contributed by atoms with E-state index in [0.717, 1.165) is 23.0 Å². The van der Waals surface area contributed by atoms with Gasteiger partial charge in [-0.05, 0) is 34.8 Å². The van der Waals surface area contributed by atoms with Crippen LogP contribution in [0.2, 0.25) is 0 Å². The van der Waals surface area contributed by atoms with Crippen molar-refractivity contribution in [3.63, 3.8) is 0 Å². The van der Waals surface area contributed by atoms with Crippen molar-refractivity contribution in [2.75, 3.05) is 18.5 Å². The Balaban J connectivity index is 1.93. The van der Waals surface area contributed by atoms with Crippen molar-refractivity contribution in [3.8, 4) is 0 Å². The van der Waals surface area contributed by atoms with E-state index in [0.29, 0.717) is 12.6 Å². The Bertz CT molecular complexity index is 393. The normalized spacial score (nSPS) is 14.6. The van der Waals surface area contributed by atoms with Crippen LogP contribution in [0, 0.1) is 0 Å². The first-order valence-electron chi connectivity index (χ1n) is 5.27. The van der Waals surface area contributed by atoms with Crippen LogP contribution in [0.15, 0.2) is 22.9 Å². The minimum atomic E-state index is 0.0775. The third kappa shape index (κ3) is 2.95. The van der Waals surface area contributed by atoms with Gasteiger partial charge in [-0.2, -0.15) is 0 Å². The number of amides is 1. The van der Waals surface area contributed by atoms with Gasteiger partial charge in [0.1, 0.15) is 0 Å². The minimum Gasteiger partial charge on any atom is -0.364 e. The molecule has 86 valence electrons. The highest BCUT2D eigenvalue weighted by Crippen LogP contribution is 2.23. The molecule has 0 unspecified atom stereocenters. The van der Waals surface area contributed by atoms with E-state index < -0.39 is 0 Å². The number of pyridine rings is 1. The van der Waals surface area contributed by atoms with E-state index in [4.69, 9.17) is 0 Å². The van der Waals surface area contributed by atoms with Gasteiger partial charge < -0.3 is 10.2 Å². The lowest BCUT2D eigenvalue weighted by Crippen LogP contribution is -2.36. The summed E-state index contributed by atoms with van der Waals surface area (Å²) in [4.78, 5) is 17.5. The molecule has 1 heterocycles. The fourth-order valence-electron chi connectivity index (χ4n) is 1.48. The van der Waals surface area contributed by atoms with E-state index >= 15 is 0 Å². The highest BCUT2D eigenvalue weighted by atomic mass is 79.9. The van der Waals surface area contributed by atoms with Crippen molar-refractivity contribution < 1.29 is 4.79 Å². The first-order valence-corrected chi connectivity index (χ1v) is 6.06. The van der Waals surface area contributed by atoms with Crippen molar-refractivity contribution in [2.24, 2.45) is 0 Å². The fourth-order valence-corrected chi connectivity index (χ4v) is 2.03. The van der Waals surface area contributed by atoms with Crippen LogP contribution in [0.5, 0.6) is 0 Å². The molecule has 1 N–H and O–H groups in total. The van der Waals surface area contributed by atoms with Crippen LogP contribution in [0.25, 0.3) is 0 Å². The van der Waals surface area contributed by atoms with Crippen LogP contribution in [0.4, 0.5) is 5.69 Å². The summed E-state index contributed by atoms with van der Waals surface area (Å²) in [5.74, 6) is 0.0775. The number of hydrogen-bond acceptors (Lipinski definition) is 3. The SMILES string of the molecule is CN(CC(=O)NC1CC1)c1ccncc1Br. The third-order valence-corrected chi connectivity index (χ3v) is 3.10. The third-order valence-electron chi connectivity index (χ3n) is 2.49. The van der Waals surface area contributed by atoms with Crippen LogP contribution in [-0.2, 0) is 4.79 Å². The maximum absolute atomic E-state index is 11.6. The molecule has 16 heavy (non-hydrogen) atoms. The van der Waals surface area contributed by atoms with Gasteiger partial charge in [0.05, 0.1) is 16.7 Å². The summed E-state index contributed by atoms with van der Waals surface area (Å²) in [6, 6.07) is 2.30. The molecule has 0 atom stereocenters. The summed E-state index contributed by atoms with van der Waals surface area (Å²) in [6.07, 6.45) is 5.68. The number of rotatable bonds is 4.